The van der Waals surface area contributed by atoms with Crippen molar-refractivity contribution in [2.75, 3.05) is 12.1 Å². The standard InChI is InChI=1S/C34H23N5O4/c1-43-23-15-9-20(10-16-23)31-19-29(36-38(31)21-11-13-22(14-12-21)39(41)42)24-17-18-27-32-25(24)5-4-6-26(32)33-35-28-7-2-3-8-30(28)37(33)34(27)40/h2-18,31H,19H2,1H3/t31-/m1/s1. The highest BCUT2D eigenvalue weighted by molar-refractivity contribution is 6.22. The Morgan fingerprint density at radius 2 is 1.63 bits per heavy atom. The summed E-state index contributed by atoms with van der Waals surface area (Å²) in [6.45, 7) is 0. The smallest absolute Gasteiger partial charge is 0.269 e. The van der Waals surface area contributed by atoms with Gasteiger partial charge in [-0.2, -0.15) is 5.10 Å². The number of fused-ring (bicyclic) bond motifs is 4. The zero-order valence-corrected chi connectivity index (χ0v) is 23.0. The van der Waals surface area contributed by atoms with E-state index in [1.54, 1.807) is 23.6 Å². The van der Waals surface area contributed by atoms with E-state index in [2.05, 4.69) is 0 Å². The monoisotopic (exact) mass is 565 g/mol. The van der Waals surface area contributed by atoms with Gasteiger partial charge < -0.3 is 4.74 Å². The number of hydrogen-bond acceptors (Lipinski definition) is 7. The van der Waals surface area contributed by atoms with E-state index in [0.717, 1.165) is 55.5 Å². The van der Waals surface area contributed by atoms with Crippen LogP contribution in [-0.2, 0) is 0 Å². The first-order valence-corrected chi connectivity index (χ1v) is 13.9. The molecule has 9 nitrogen and oxygen atoms in total. The average molecular weight is 566 g/mol. The van der Waals surface area contributed by atoms with Crippen molar-refractivity contribution >= 4 is 55.3 Å². The van der Waals surface area contributed by atoms with Crippen LogP contribution in [-0.4, -0.2) is 27.1 Å². The quantitative estimate of drug-likeness (QED) is 0.167. The highest BCUT2D eigenvalue weighted by Crippen LogP contribution is 2.40. The molecule has 2 aromatic heterocycles. The number of para-hydroxylation sites is 2. The van der Waals surface area contributed by atoms with E-state index in [9.17, 15) is 14.9 Å². The van der Waals surface area contributed by atoms with Gasteiger partial charge in [0.15, 0.2) is 0 Å². The van der Waals surface area contributed by atoms with Crippen molar-refractivity contribution in [2.45, 2.75) is 12.5 Å². The van der Waals surface area contributed by atoms with Crippen LogP contribution in [0.3, 0.4) is 0 Å². The predicted molar refractivity (Wildman–Crippen MR) is 168 cm³/mol. The number of nitro benzene ring substituents is 1. The largest absolute Gasteiger partial charge is 0.497 e. The van der Waals surface area contributed by atoms with E-state index in [4.69, 9.17) is 14.8 Å². The molecular formula is C34H23N5O4. The summed E-state index contributed by atoms with van der Waals surface area (Å²) < 4.78 is 7.07. The number of nitrogens with zero attached hydrogens (tertiary/aromatic N) is 5. The fourth-order valence-corrected chi connectivity index (χ4v) is 6.28. The fraction of sp³-hybridized carbons (Fsp3) is 0.0882. The first-order valence-electron chi connectivity index (χ1n) is 13.9. The Bertz CT molecular complexity index is 2310. The molecule has 3 heterocycles. The molecule has 0 saturated carbocycles. The van der Waals surface area contributed by atoms with Gasteiger partial charge in [-0.15, -0.1) is 0 Å². The Morgan fingerprint density at radius 3 is 2.40 bits per heavy atom. The molecule has 1 atom stereocenters. The summed E-state index contributed by atoms with van der Waals surface area (Å²) in [5, 5.41) is 21.6. The third kappa shape index (κ3) is 3.75. The van der Waals surface area contributed by atoms with E-state index in [0.29, 0.717) is 17.5 Å². The van der Waals surface area contributed by atoms with Crippen LogP contribution in [0.1, 0.15) is 23.6 Å². The first-order chi connectivity index (χ1) is 21.0. The van der Waals surface area contributed by atoms with Gasteiger partial charge in [-0.3, -0.25) is 24.3 Å². The molecule has 1 aliphatic rings. The van der Waals surface area contributed by atoms with Crippen molar-refractivity contribution in [1.82, 2.24) is 9.38 Å². The van der Waals surface area contributed by atoms with Crippen molar-refractivity contribution in [3.63, 3.8) is 0 Å². The van der Waals surface area contributed by atoms with Gasteiger partial charge in [-0.25, -0.2) is 4.98 Å². The van der Waals surface area contributed by atoms with Crippen LogP contribution < -0.4 is 15.3 Å². The van der Waals surface area contributed by atoms with Gasteiger partial charge in [0.1, 0.15) is 11.4 Å². The lowest BCUT2D eigenvalue weighted by Gasteiger charge is -2.24. The summed E-state index contributed by atoms with van der Waals surface area (Å²) in [6.07, 6.45) is 0.592. The molecule has 208 valence electrons. The Kier molecular flexibility index (Phi) is 5.42. The minimum absolute atomic E-state index is 0.0207. The summed E-state index contributed by atoms with van der Waals surface area (Å²) in [5.41, 5.74) is 5.68. The molecule has 0 aliphatic carbocycles. The number of non-ortho nitro benzene ring substituents is 1. The highest BCUT2D eigenvalue weighted by Gasteiger charge is 2.31. The van der Waals surface area contributed by atoms with Crippen LogP contribution in [0.15, 0.2) is 113 Å². The van der Waals surface area contributed by atoms with E-state index in [-0.39, 0.29) is 17.3 Å². The molecule has 43 heavy (non-hydrogen) atoms. The van der Waals surface area contributed by atoms with Crippen molar-refractivity contribution < 1.29 is 9.66 Å². The number of imidazole rings is 1. The summed E-state index contributed by atoms with van der Waals surface area (Å²) in [6, 6.07) is 31.7. The van der Waals surface area contributed by atoms with Gasteiger partial charge in [0.05, 0.1) is 40.5 Å². The molecule has 1 aliphatic heterocycles. The Balaban J connectivity index is 1.32. The molecule has 0 unspecified atom stereocenters. The lowest BCUT2D eigenvalue weighted by atomic mass is 9.92. The molecule has 0 saturated heterocycles. The highest BCUT2D eigenvalue weighted by atomic mass is 16.6. The van der Waals surface area contributed by atoms with Crippen LogP contribution in [0.5, 0.6) is 5.75 Å². The van der Waals surface area contributed by atoms with Crippen LogP contribution in [0, 0.1) is 10.1 Å². The van der Waals surface area contributed by atoms with E-state index < -0.39 is 4.92 Å². The van der Waals surface area contributed by atoms with Gasteiger partial charge in [0.25, 0.3) is 11.2 Å². The fourth-order valence-electron chi connectivity index (χ4n) is 6.28. The lowest BCUT2D eigenvalue weighted by Crippen LogP contribution is -2.18. The Labute approximate surface area is 244 Å². The van der Waals surface area contributed by atoms with E-state index >= 15 is 0 Å². The molecule has 0 fully saturated rings. The minimum atomic E-state index is -0.408. The number of ether oxygens (including phenoxy) is 1. The number of hydrazone groups is 1. The van der Waals surface area contributed by atoms with Gasteiger partial charge in [-0.1, -0.05) is 48.5 Å². The number of rotatable bonds is 5. The maximum absolute atomic E-state index is 13.8. The predicted octanol–water partition coefficient (Wildman–Crippen LogP) is 6.86. The van der Waals surface area contributed by atoms with Crippen molar-refractivity contribution in [1.29, 1.82) is 0 Å². The van der Waals surface area contributed by atoms with Gasteiger partial charge >= 0.3 is 0 Å². The third-order valence-electron chi connectivity index (χ3n) is 8.32. The minimum Gasteiger partial charge on any atom is -0.497 e. The summed E-state index contributed by atoms with van der Waals surface area (Å²) in [7, 11) is 1.63. The Hall–Kier alpha value is -5.83. The number of anilines is 1. The molecule has 0 radical (unpaired) electrons. The Morgan fingerprint density at radius 1 is 0.860 bits per heavy atom. The van der Waals surface area contributed by atoms with E-state index in [1.807, 2.05) is 83.9 Å². The molecule has 9 heteroatoms. The van der Waals surface area contributed by atoms with Crippen LogP contribution >= 0.6 is 0 Å². The molecular weight excluding hydrogens is 542 g/mol. The van der Waals surface area contributed by atoms with Crippen LogP contribution in [0.25, 0.3) is 38.2 Å². The zero-order valence-electron chi connectivity index (χ0n) is 23.0. The van der Waals surface area contributed by atoms with Crippen LogP contribution in [0.4, 0.5) is 11.4 Å². The molecule has 0 N–H and O–H groups in total. The topological polar surface area (TPSA) is 102 Å². The van der Waals surface area contributed by atoms with Crippen molar-refractivity contribution in [3.05, 3.63) is 135 Å². The molecule has 7 aromatic rings. The molecule has 8 rings (SSSR count). The van der Waals surface area contributed by atoms with Gasteiger partial charge in [0.2, 0.25) is 0 Å². The summed E-state index contributed by atoms with van der Waals surface area (Å²) in [5.74, 6) is 0.754. The normalized spacial score (nSPS) is 15.1. The molecule has 5 aromatic carbocycles. The average Bonchev–Trinajstić information content (AvgIpc) is 3.66. The number of hydrogen-bond donors (Lipinski definition) is 0. The number of aromatic nitrogens is 2. The molecule has 0 amide bonds. The van der Waals surface area contributed by atoms with Crippen molar-refractivity contribution in [3.8, 4) is 5.75 Å². The molecule has 0 spiro atoms. The molecule has 0 bridgehead atoms. The number of pyridine rings is 1. The maximum atomic E-state index is 13.8. The summed E-state index contributed by atoms with van der Waals surface area (Å²) in [4.78, 5) is 29.6. The third-order valence-corrected chi connectivity index (χ3v) is 8.32. The zero-order chi connectivity index (χ0) is 29.2. The summed E-state index contributed by atoms with van der Waals surface area (Å²) >= 11 is 0. The number of benzene rings is 5. The van der Waals surface area contributed by atoms with E-state index in [1.165, 1.54) is 12.1 Å². The second-order valence-corrected chi connectivity index (χ2v) is 10.6. The second kappa shape index (κ2) is 9.35. The SMILES string of the molecule is COc1ccc([C@H]2CC(c3ccc4c(=O)n5c6ccccc6nc5c5cccc3c45)=NN2c2ccc([N+](=O)[O-])cc2)cc1. The first kappa shape index (κ1) is 24.9. The maximum Gasteiger partial charge on any atom is 0.269 e. The van der Waals surface area contributed by atoms with Gasteiger partial charge in [0, 0.05) is 40.3 Å². The van der Waals surface area contributed by atoms with Crippen LogP contribution in [0.2, 0.25) is 0 Å². The number of methoxy groups -OCH3 is 1. The lowest BCUT2D eigenvalue weighted by molar-refractivity contribution is -0.384. The van der Waals surface area contributed by atoms with Crippen molar-refractivity contribution in [2.24, 2.45) is 5.10 Å². The second-order valence-electron chi connectivity index (χ2n) is 10.6. The number of nitro groups is 1. The van der Waals surface area contributed by atoms with Gasteiger partial charge in [-0.05, 0) is 53.4 Å².